The van der Waals surface area contributed by atoms with Gasteiger partial charge >= 0.3 is 5.97 Å². The molecule has 1 unspecified atom stereocenters. The van der Waals surface area contributed by atoms with Crippen LogP contribution in [0.3, 0.4) is 0 Å². The number of esters is 1. The number of halogens is 1. The Kier molecular flexibility index (Phi) is 6.99. The van der Waals surface area contributed by atoms with E-state index in [4.69, 9.17) is 4.42 Å². The number of hydrogen-bond acceptors (Lipinski definition) is 6. The highest BCUT2D eigenvalue weighted by atomic mass is 35.5. The van der Waals surface area contributed by atoms with E-state index in [0.717, 1.165) is 5.56 Å². The molecule has 0 aliphatic carbocycles. The zero-order valence-electron chi connectivity index (χ0n) is 14.0. The van der Waals surface area contributed by atoms with Crippen LogP contribution >= 0.6 is 12.4 Å². The average molecular weight is 357 g/mol. The summed E-state index contributed by atoms with van der Waals surface area (Å²) in [7, 11) is 4.79. The molecule has 0 fully saturated rings. The van der Waals surface area contributed by atoms with E-state index in [1.54, 1.807) is 44.2 Å². The third-order valence-electron chi connectivity index (χ3n) is 3.42. The van der Waals surface area contributed by atoms with Gasteiger partial charge in [0, 0.05) is 18.8 Å². The molecule has 24 heavy (non-hydrogen) atoms. The summed E-state index contributed by atoms with van der Waals surface area (Å²) in [4.78, 5) is 23.8. The maximum absolute atomic E-state index is 12.3. The number of aromatic nitrogens is 2. The van der Waals surface area contributed by atoms with Crippen LogP contribution in [-0.4, -0.2) is 35.8 Å². The Balaban J connectivity index is 0.00000288. The molecule has 0 radical (unpaired) electrons. The van der Waals surface area contributed by atoms with Crippen LogP contribution in [0.5, 0.6) is 0 Å². The number of aryl methyl sites for hydroxylation is 2. The van der Waals surface area contributed by atoms with Crippen molar-refractivity contribution in [2.75, 3.05) is 14.2 Å². The standard InChI is InChI=1S/C15H20N4O4.ClH/c1-9-12(15(21)22-4)5-11(23-9)7-17-14(20)13(16-2)10-6-18-19(3)8-10;/h5-6,8,13,16H,7H2,1-4H3,(H,17,20);1H. The predicted molar refractivity (Wildman–Crippen MR) is 88.9 cm³/mol. The second-order valence-corrected chi connectivity index (χ2v) is 5.06. The minimum Gasteiger partial charge on any atom is -0.465 e. The lowest BCUT2D eigenvalue weighted by molar-refractivity contribution is -0.123. The SMILES string of the molecule is CNC(C(=O)NCc1cc(C(=O)OC)c(C)o1)c1cnn(C)c1.Cl. The summed E-state index contributed by atoms with van der Waals surface area (Å²) < 4.78 is 11.8. The van der Waals surface area contributed by atoms with E-state index in [-0.39, 0.29) is 24.9 Å². The van der Waals surface area contributed by atoms with Gasteiger partial charge in [-0.05, 0) is 20.0 Å². The second kappa shape index (κ2) is 8.51. The topological polar surface area (TPSA) is 98.4 Å². The van der Waals surface area contributed by atoms with Gasteiger partial charge in [0.2, 0.25) is 5.91 Å². The van der Waals surface area contributed by atoms with E-state index in [1.165, 1.54) is 7.11 Å². The Morgan fingerprint density at radius 1 is 1.46 bits per heavy atom. The normalized spacial score (nSPS) is 11.5. The van der Waals surface area contributed by atoms with Gasteiger partial charge in [-0.2, -0.15) is 5.10 Å². The average Bonchev–Trinajstić information content (AvgIpc) is 3.11. The van der Waals surface area contributed by atoms with Crippen molar-refractivity contribution >= 4 is 24.3 Å². The van der Waals surface area contributed by atoms with E-state index in [0.29, 0.717) is 17.1 Å². The van der Waals surface area contributed by atoms with Crippen molar-refractivity contribution in [1.82, 2.24) is 20.4 Å². The molecule has 0 aliphatic heterocycles. The number of nitrogens with zero attached hydrogens (tertiary/aromatic N) is 2. The van der Waals surface area contributed by atoms with Gasteiger partial charge in [-0.1, -0.05) is 0 Å². The molecule has 2 heterocycles. The summed E-state index contributed by atoms with van der Waals surface area (Å²) in [6, 6.07) is 1.06. The molecule has 2 rings (SSSR count). The van der Waals surface area contributed by atoms with Crippen LogP contribution in [0.1, 0.15) is 33.5 Å². The summed E-state index contributed by atoms with van der Waals surface area (Å²) in [5.41, 5.74) is 1.12. The summed E-state index contributed by atoms with van der Waals surface area (Å²) in [6.45, 7) is 1.85. The van der Waals surface area contributed by atoms with E-state index in [1.807, 2.05) is 0 Å². The van der Waals surface area contributed by atoms with Gasteiger partial charge in [-0.15, -0.1) is 12.4 Å². The number of carbonyl (C=O) groups is 2. The number of methoxy groups -OCH3 is 1. The number of carbonyl (C=O) groups excluding carboxylic acids is 2. The fourth-order valence-corrected chi connectivity index (χ4v) is 2.26. The molecule has 2 aromatic heterocycles. The first-order chi connectivity index (χ1) is 11.0. The number of furan rings is 1. The highest BCUT2D eigenvalue weighted by molar-refractivity contribution is 5.90. The lowest BCUT2D eigenvalue weighted by Crippen LogP contribution is -2.35. The molecule has 0 aromatic carbocycles. The van der Waals surface area contributed by atoms with Crippen molar-refractivity contribution in [3.63, 3.8) is 0 Å². The molecule has 2 N–H and O–H groups in total. The number of hydrogen-bond donors (Lipinski definition) is 2. The van der Waals surface area contributed by atoms with E-state index in [9.17, 15) is 9.59 Å². The van der Waals surface area contributed by atoms with Crippen molar-refractivity contribution in [3.8, 4) is 0 Å². The fourth-order valence-electron chi connectivity index (χ4n) is 2.26. The quantitative estimate of drug-likeness (QED) is 0.752. The van der Waals surface area contributed by atoms with Gasteiger partial charge in [0.15, 0.2) is 0 Å². The first-order valence-electron chi connectivity index (χ1n) is 7.07. The van der Waals surface area contributed by atoms with Crippen molar-refractivity contribution in [2.24, 2.45) is 7.05 Å². The van der Waals surface area contributed by atoms with Crippen molar-refractivity contribution in [3.05, 3.63) is 41.1 Å². The van der Waals surface area contributed by atoms with Gasteiger partial charge in [0.1, 0.15) is 23.1 Å². The number of ether oxygens (including phenoxy) is 1. The number of likely N-dealkylation sites (N-methyl/N-ethyl adjacent to an activating group) is 1. The molecular formula is C15H21ClN4O4. The molecule has 0 aliphatic rings. The second-order valence-electron chi connectivity index (χ2n) is 5.06. The molecule has 1 amide bonds. The Morgan fingerprint density at radius 2 is 2.17 bits per heavy atom. The maximum Gasteiger partial charge on any atom is 0.341 e. The molecule has 8 nitrogen and oxygen atoms in total. The largest absolute Gasteiger partial charge is 0.465 e. The molecule has 0 bridgehead atoms. The van der Waals surface area contributed by atoms with E-state index < -0.39 is 12.0 Å². The number of nitrogens with one attached hydrogen (secondary N) is 2. The van der Waals surface area contributed by atoms with Gasteiger partial charge in [-0.25, -0.2) is 4.79 Å². The first-order valence-corrected chi connectivity index (χ1v) is 7.07. The molecule has 9 heteroatoms. The monoisotopic (exact) mass is 356 g/mol. The molecule has 0 saturated carbocycles. The minimum atomic E-state index is -0.514. The van der Waals surface area contributed by atoms with Crippen LogP contribution in [0.15, 0.2) is 22.9 Å². The van der Waals surface area contributed by atoms with Gasteiger partial charge in [0.25, 0.3) is 0 Å². The van der Waals surface area contributed by atoms with Crippen molar-refractivity contribution in [1.29, 1.82) is 0 Å². The number of amides is 1. The van der Waals surface area contributed by atoms with Crippen molar-refractivity contribution in [2.45, 2.75) is 19.5 Å². The van der Waals surface area contributed by atoms with Crippen LogP contribution in [0.25, 0.3) is 0 Å². The van der Waals surface area contributed by atoms with Gasteiger partial charge in [0.05, 0.1) is 19.9 Å². The highest BCUT2D eigenvalue weighted by Gasteiger charge is 2.21. The molecule has 0 spiro atoms. The third-order valence-corrected chi connectivity index (χ3v) is 3.42. The van der Waals surface area contributed by atoms with E-state index in [2.05, 4.69) is 20.5 Å². The first kappa shape index (κ1) is 19.7. The van der Waals surface area contributed by atoms with Crippen LogP contribution in [0.2, 0.25) is 0 Å². The zero-order valence-corrected chi connectivity index (χ0v) is 14.8. The molecule has 132 valence electrons. The van der Waals surface area contributed by atoms with Gasteiger partial charge < -0.3 is 19.8 Å². The lowest BCUT2D eigenvalue weighted by Gasteiger charge is -2.13. The van der Waals surface area contributed by atoms with Crippen LogP contribution in [-0.2, 0) is 23.1 Å². The number of rotatable bonds is 6. The summed E-state index contributed by atoms with van der Waals surface area (Å²) >= 11 is 0. The van der Waals surface area contributed by atoms with Crippen molar-refractivity contribution < 1.29 is 18.7 Å². The van der Waals surface area contributed by atoms with E-state index >= 15 is 0 Å². The molecular weight excluding hydrogens is 336 g/mol. The smallest absolute Gasteiger partial charge is 0.341 e. The van der Waals surface area contributed by atoms with Crippen LogP contribution < -0.4 is 10.6 Å². The Bertz CT molecular complexity index is 710. The summed E-state index contributed by atoms with van der Waals surface area (Å²) in [6.07, 6.45) is 3.40. The Hall–Kier alpha value is -2.32. The maximum atomic E-state index is 12.3. The zero-order chi connectivity index (χ0) is 17.0. The molecule has 2 aromatic rings. The highest BCUT2D eigenvalue weighted by Crippen LogP contribution is 2.16. The Labute approximate surface area is 145 Å². The summed E-state index contributed by atoms with van der Waals surface area (Å²) in [5, 5.41) is 9.77. The van der Waals surface area contributed by atoms with Crippen LogP contribution in [0, 0.1) is 6.92 Å². The van der Waals surface area contributed by atoms with Crippen LogP contribution in [0.4, 0.5) is 0 Å². The minimum absolute atomic E-state index is 0. The summed E-state index contributed by atoms with van der Waals surface area (Å²) in [5.74, 6) is 0.261. The fraction of sp³-hybridized carbons (Fsp3) is 0.400. The van der Waals surface area contributed by atoms with Gasteiger partial charge in [-0.3, -0.25) is 9.48 Å². The predicted octanol–water partition coefficient (Wildman–Crippen LogP) is 1.11. The lowest BCUT2D eigenvalue weighted by atomic mass is 10.1. The molecule has 0 saturated heterocycles. The third kappa shape index (κ3) is 4.36. The Morgan fingerprint density at radius 3 is 2.71 bits per heavy atom. The molecule has 1 atom stereocenters.